The summed E-state index contributed by atoms with van der Waals surface area (Å²) in [4.78, 5) is 0. The number of methoxy groups -OCH3 is 1. The van der Waals surface area contributed by atoms with E-state index < -0.39 is 0 Å². The summed E-state index contributed by atoms with van der Waals surface area (Å²) in [6.07, 6.45) is 0.748. The van der Waals surface area contributed by atoms with E-state index in [2.05, 4.69) is 27.8 Å². The quantitative estimate of drug-likeness (QED) is 0.555. The molecule has 2 aromatic carbocycles. The Morgan fingerprint density at radius 2 is 1.88 bits per heavy atom. The molecule has 0 aliphatic carbocycles. The van der Waals surface area contributed by atoms with Gasteiger partial charge in [-0.15, -0.1) is 10.2 Å². The monoisotopic (exact) mass is 373 g/mol. The third-order valence-electron chi connectivity index (χ3n) is 3.89. The van der Waals surface area contributed by atoms with E-state index in [9.17, 15) is 0 Å². The summed E-state index contributed by atoms with van der Waals surface area (Å²) < 4.78 is 7.44. The van der Waals surface area contributed by atoms with Crippen LogP contribution in [0.4, 0.5) is 0 Å². The molecule has 25 heavy (non-hydrogen) atoms. The molecular weight excluding hydrogens is 354 g/mol. The number of rotatable bonds is 7. The average Bonchev–Trinajstić information content (AvgIpc) is 3.03. The van der Waals surface area contributed by atoms with Crippen LogP contribution in [0, 0.1) is 0 Å². The number of ether oxygens (including phenoxy) is 1. The molecule has 0 amide bonds. The summed E-state index contributed by atoms with van der Waals surface area (Å²) in [6, 6.07) is 16.0. The first kappa shape index (κ1) is 17.8. The fourth-order valence-electron chi connectivity index (χ4n) is 2.57. The number of halogens is 1. The highest BCUT2D eigenvalue weighted by atomic mass is 35.5. The summed E-state index contributed by atoms with van der Waals surface area (Å²) in [7, 11) is 1.68. The molecule has 1 aromatic heterocycles. The van der Waals surface area contributed by atoms with Gasteiger partial charge < -0.3 is 9.30 Å². The molecule has 130 valence electrons. The SMILES string of the molecule is CCn1c(Cc2ccc(Cl)cc2)nnc1SCc1cccc(OC)c1. The Bertz CT molecular complexity index is 833. The number of thioether (sulfide) groups is 1. The van der Waals surface area contributed by atoms with Crippen LogP contribution in [0.25, 0.3) is 0 Å². The molecule has 0 spiro atoms. The molecule has 0 aliphatic heterocycles. The summed E-state index contributed by atoms with van der Waals surface area (Å²) >= 11 is 7.64. The predicted octanol–water partition coefficient (Wildman–Crippen LogP) is 4.84. The van der Waals surface area contributed by atoms with Crippen molar-refractivity contribution < 1.29 is 4.74 Å². The van der Waals surface area contributed by atoms with Gasteiger partial charge in [-0.3, -0.25) is 0 Å². The number of nitrogens with zero attached hydrogens (tertiary/aromatic N) is 3. The predicted molar refractivity (Wildman–Crippen MR) is 103 cm³/mol. The van der Waals surface area contributed by atoms with Crippen LogP contribution in [-0.2, 0) is 18.7 Å². The molecule has 0 atom stereocenters. The fourth-order valence-corrected chi connectivity index (χ4v) is 3.66. The zero-order chi connectivity index (χ0) is 17.6. The molecule has 0 unspecified atom stereocenters. The summed E-state index contributed by atoms with van der Waals surface area (Å²) in [5.74, 6) is 2.67. The van der Waals surface area contributed by atoms with Crippen LogP contribution < -0.4 is 4.74 Å². The second-order valence-corrected chi connectivity index (χ2v) is 6.97. The highest BCUT2D eigenvalue weighted by Gasteiger charge is 2.12. The minimum Gasteiger partial charge on any atom is -0.497 e. The first-order chi connectivity index (χ1) is 12.2. The Hall–Kier alpha value is -1.98. The molecule has 0 bridgehead atoms. The van der Waals surface area contributed by atoms with Gasteiger partial charge in [0.1, 0.15) is 11.6 Å². The average molecular weight is 374 g/mol. The lowest BCUT2D eigenvalue weighted by Crippen LogP contribution is -2.04. The van der Waals surface area contributed by atoms with E-state index in [1.54, 1.807) is 18.9 Å². The largest absolute Gasteiger partial charge is 0.497 e. The van der Waals surface area contributed by atoms with Crippen molar-refractivity contribution in [2.24, 2.45) is 0 Å². The zero-order valence-electron chi connectivity index (χ0n) is 14.3. The molecule has 0 saturated carbocycles. The Labute approximate surface area is 157 Å². The topological polar surface area (TPSA) is 39.9 Å². The van der Waals surface area contributed by atoms with Crippen molar-refractivity contribution in [2.45, 2.75) is 30.8 Å². The Morgan fingerprint density at radius 1 is 1.08 bits per heavy atom. The van der Waals surface area contributed by atoms with Gasteiger partial charge in [-0.1, -0.05) is 47.6 Å². The smallest absolute Gasteiger partial charge is 0.191 e. The third kappa shape index (κ3) is 4.55. The number of hydrogen-bond donors (Lipinski definition) is 0. The van der Waals surface area contributed by atoms with E-state index in [-0.39, 0.29) is 0 Å². The molecule has 3 rings (SSSR count). The highest BCUT2D eigenvalue weighted by molar-refractivity contribution is 7.98. The number of hydrogen-bond acceptors (Lipinski definition) is 4. The Kier molecular flexibility index (Phi) is 6.00. The number of benzene rings is 2. The van der Waals surface area contributed by atoms with Gasteiger partial charge in [-0.25, -0.2) is 0 Å². The van der Waals surface area contributed by atoms with Crippen molar-refractivity contribution in [2.75, 3.05) is 7.11 Å². The maximum Gasteiger partial charge on any atom is 0.191 e. The highest BCUT2D eigenvalue weighted by Crippen LogP contribution is 2.25. The van der Waals surface area contributed by atoms with Crippen LogP contribution in [0.1, 0.15) is 23.9 Å². The van der Waals surface area contributed by atoms with Gasteiger partial charge in [-0.05, 0) is 42.3 Å². The first-order valence-electron chi connectivity index (χ1n) is 8.12. The van der Waals surface area contributed by atoms with Gasteiger partial charge in [0.2, 0.25) is 0 Å². The summed E-state index contributed by atoms with van der Waals surface area (Å²) in [5.41, 5.74) is 2.38. The molecule has 0 aliphatic rings. The van der Waals surface area contributed by atoms with Gasteiger partial charge in [0.15, 0.2) is 5.16 Å². The minimum atomic E-state index is 0.746. The number of aromatic nitrogens is 3. The molecular formula is C19H20ClN3OS. The van der Waals surface area contributed by atoms with Crippen molar-refractivity contribution >= 4 is 23.4 Å². The van der Waals surface area contributed by atoms with Crippen molar-refractivity contribution in [1.82, 2.24) is 14.8 Å². The zero-order valence-corrected chi connectivity index (χ0v) is 15.8. The van der Waals surface area contributed by atoms with Gasteiger partial charge in [0.25, 0.3) is 0 Å². The van der Waals surface area contributed by atoms with Crippen molar-refractivity contribution in [3.8, 4) is 5.75 Å². The van der Waals surface area contributed by atoms with Crippen molar-refractivity contribution in [3.05, 3.63) is 70.5 Å². The molecule has 0 fully saturated rings. The second-order valence-electron chi connectivity index (χ2n) is 5.59. The van der Waals surface area contributed by atoms with E-state index in [0.29, 0.717) is 0 Å². The normalized spacial score (nSPS) is 10.8. The lowest BCUT2D eigenvalue weighted by Gasteiger charge is -2.08. The van der Waals surface area contributed by atoms with Crippen molar-refractivity contribution in [3.63, 3.8) is 0 Å². The molecule has 3 aromatic rings. The fraction of sp³-hybridized carbons (Fsp3) is 0.263. The van der Waals surface area contributed by atoms with Gasteiger partial charge in [0.05, 0.1) is 7.11 Å². The van der Waals surface area contributed by atoms with Crippen molar-refractivity contribution in [1.29, 1.82) is 0 Å². The molecule has 4 nitrogen and oxygen atoms in total. The molecule has 0 saturated heterocycles. The molecule has 6 heteroatoms. The minimum absolute atomic E-state index is 0.746. The Balaban J connectivity index is 1.71. The maximum absolute atomic E-state index is 5.95. The van der Waals surface area contributed by atoms with E-state index in [1.807, 2.05) is 42.5 Å². The standard InChI is InChI=1S/C19H20ClN3OS/c1-3-23-18(12-14-7-9-16(20)10-8-14)21-22-19(23)25-13-15-5-4-6-17(11-15)24-2/h4-11H,3,12-13H2,1-2H3. The van der Waals surface area contributed by atoms with Crippen LogP contribution >= 0.6 is 23.4 Å². The van der Waals surface area contributed by atoms with E-state index in [0.717, 1.165) is 40.5 Å². The molecule has 1 heterocycles. The third-order valence-corrected chi connectivity index (χ3v) is 5.18. The van der Waals surface area contributed by atoms with E-state index in [4.69, 9.17) is 16.3 Å². The maximum atomic E-state index is 5.95. The lowest BCUT2D eigenvalue weighted by atomic mass is 10.1. The van der Waals surface area contributed by atoms with Crippen LogP contribution in [-0.4, -0.2) is 21.9 Å². The van der Waals surface area contributed by atoms with Gasteiger partial charge >= 0.3 is 0 Å². The van der Waals surface area contributed by atoms with E-state index in [1.165, 1.54) is 11.1 Å². The van der Waals surface area contributed by atoms with Gasteiger partial charge in [0, 0.05) is 23.7 Å². The van der Waals surface area contributed by atoms with Gasteiger partial charge in [-0.2, -0.15) is 0 Å². The summed E-state index contributed by atoms with van der Waals surface area (Å²) in [6.45, 7) is 2.96. The van der Waals surface area contributed by atoms with Crippen LogP contribution in [0.15, 0.2) is 53.7 Å². The van der Waals surface area contributed by atoms with Crippen LogP contribution in [0.3, 0.4) is 0 Å². The first-order valence-corrected chi connectivity index (χ1v) is 9.48. The summed E-state index contributed by atoms with van der Waals surface area (Å²) in [5, 5.41) is 10.4. The molecule has 0 radical (unpaired) electrons. The second kappa shape index (κ2) is 8.41. The Morgan fingerprint density at radius 3 is 2.60 bits per heavy atom. The lowest BCUT2D eigenvalue weighted by molar-refractivity contribution is 0.414. The van der Waals surface area contributed by atoms with Crippen LogP contribution in [0.2, 0.25) is 5.02 Å². The van der Waals surface area contributed by atoms with Crippen LogP contribution in [0.5, 0.6) is 5.75 Å². The molecule has 0 N–H and O–H groups in total. The van der Waals surface area contributed by atoms with E-state index >= 15 is 0 Å².